The van der Waals surface area contributed by atoms with Gasteiger partial charge in [0.2, 0.25) is 0 Å². The summed E-state index contributed by atoms with van der Waals surface area (Å²) in [5.74, 6) is 3.29. The molecule has 3 rings (SSSR count). The molecule has 0 aliphatic heterocycles. The standard InChI is InChI=1S/C24H34F2/c25-18-2-1-3-19-6-12-22(13-7-19)23-14-8-20(9-15-23)4-5-21-10-16-24(26)17-11-21/h1,3,10-11,16-17,19-20,22-23H,2,4-9,12-15,18H2. The molecule has 0 amide bonds. The smallest absolute Gasteiger partial charge is 0.123 e. The van der Waals surface area contributed by atoms with Gasteiger partial charge in [-0.3, -0.25) is 4.39 Å². The molecule has 0 spiro atoms. The molecule has 1 aromatic rings. The predicted octanol–water partition coefficient (Wildman–Crippen LogP) is 7.29. The Morgan fingerprint density at radius 2 is 1.46 bits per heavy atom. The molecule has 0 aromatic heterocycles. The Balaban J connectivity index is 1.34. The van der Waals surface area contributed by atoms with Crippen molar-refractivity contribution in [1.29, 1.82) is 0 Å². The largest absolute Gasteiger partial charge is 0.251 e. The summed E-state index contributed by atoms with van der Waals surface area (Å²) < 4.78 is 25.2. The zero-order valence-corrected chi connectivity index (χ0v) is 16.0. The van der Waals surface area contributed by atoms with Gasteiger partial charge in [0.05, 0.1) is 6.67 Å². The third-order valence-corrected chi connectivity index (χ3v) is 6.81. The van der Waals surface area contributed by atoms with Crippen LogP contribution in [-0.4, -0.2) is 6.67 Å². The van der Waals surface area contributed by atoms with Crippen LogP contribution in [-0.2, 0) is 6.42 Å². The summed E-state index contributed by atoms with van der Waals surface area (Å²) in [6, 6.07) is 7.02. The van der Waals surface area contributed by atoms with E-state index in [0.717, 1.165) is 24.2 Å². The van der Waals surface area contributed by atoms with E-state index in [9.17, 15) is 8.78 Å². The van der Waals surface area contributed by atoms with Gasteiger partial charge in [0.25, 0.3) is 0 Å². The van der Waals surface area contributed by atoms with E-state index in [1.54, 1.807) is 12.1 Å². The van der Waals surface area contributed by atoms with Crippen LogP contribution in [0.2, 0.25) is 0 Å². The first-order valence-electron chi connectivity index (χ1n) is 10.7. The van der Waals surface area contributed by atoms with Gasteiger partial charge < -0.3 is 0 Å². The Bertz CT molecular complexity index is 532. The van der Waals surface area contributed by atoms with Gasteiger partial charge >= 0.3 is 0 Å². The van der Waals surface area contributed by atoms with E-state index in [1.165, 1.54) is 63.4 Å². The van der Waals surface area contributed by atoms with Crippen molar-refractivity contribution < 1.29 is 8.78 Å². The zero-order chi connectivity index (χ0) is 18.2. The molecular formula is C24H34F2. The number of benzene rings is 1. The first-order chi connectivity index (χ1) is 12.7. The molecule has 0 atom stereocenters. The van der Waals surface area contributed by atoms with Crippen LogP contribution in [0.4, 0.5) is 8.78 Å². The Labute approximate surface area is 158 Å². The average Bonchev–Trinajstić information content (AvgIpc) is 2.69. The topological polar surface area (TPSA) is 0 Å². The second-order valence-electron chi connectivity index (χ2n) is 8.53. The fourth-order valence-corrected chi connectivity index (χ4v) is 5.13. The molecule has 2 aliphatic carbocycles. The Kier molecular flexibility index (Phi) is 7.70. The highest BCUT2D eigenvalue weighted by atomic mass is 19.1. The zero-order valence-electron chi connectivity index (χ0n) is 16.0. The lowest BCUT2D eigenvalue weighted by Crippen LogP contribution is -2.25. The van der Waals surface area contributed by atoms with Crippen LogP contribution in [0.25, 0.3) is 0 Å². The second kappa shape index (κ2) is 10.2. The molecule has 144 valence electrons. The Morgan fingerprint density at radius 3 is 2.08 bits per heavy atom. The number of hydrogen-bond donors (Lipinski definition) is 0. The van der Waals surface area contributed by atoms with Gasteiger partial charge in [-0.05, 0) is 99.2 Å². The maximum atomic E-state index is 13.0. The van der Waals surface area contributed by atoms with E-state index >= 15 is 0 Å². The van der Waals surface area contributed by atoms with Gasteiger partial charge in [-0.15, -0.1) is 0 Å². The minimum Gasteiger partial charge on any atom is -0.251 e. The molecule has 0 nitrogen and oxygen atoms in total. The maximum absolute atomic E-state index is 13.0. The molecule has 0 unspecified atom stereocenters. The minimum absolute atomic E-state index is 0.137. The number of aryl methyl sites for hydroxylation is 1. The van der Waals surface area contributed by atoms with Gasteiger partial charge in [0.1, 0.15) is 5.82 Å². The molecular weight excluding hydrogens is 326 g/mol. The summed E-state index contributed by atoms with van der Waals surface area (Å²) >= 11 is 0. The second-order valence-corrected chi connectivity index (χ2v) is 8.53. The number of alkyl halides is 1. The number of rotatable bonds is 7. The first-order valence-corrected chi connectivity index (χ1v) is 10.7. The van der Waals surface area contributed by atoms with Crippen molar-refractivity contribution in [3.63, 3.8) is 0 Å². The fraction of sp³-hybridized carbons (Fsp3) is 0.667. The van der Waals surface area contributed by atoms with Crippen molar-refractivity contribution in [2.45, 2.75) is 70.6 Å². The number of halogens is 2. The van der Waals surface area contributed by atoms with E-state index in [4.69, 9.17) is 0 Å². The van der Waals surface area contributed by atoms with Crippen LogP contribution < -0.4 is 0 Å². The van der Waals surface area contributed by atoms with Crippen molar-refractivity contribution in [2.24, 2.45) is 23.7 Å². The molecule has 0 heterocycles. The monoisotopic (exact) mass is 360 g/mol. The normalized spacial score (nSPS) is 29.9. The van der Waals surface area contributed by atoms with Crippen LogP contribution in [0.3, 0.4) is 0 Å². The summed E-state index contributed by atoms with van der Waals surface area (Å²) in [6.45, 7) is -0.226. The van der Waals surface area contributed by atoms with E-state index in [-0.39, 0.29) is 12.5 Å². The van der Waals surface area contributed by atoms with Crippen LogP contribution >= 0.6 is 0 Å². The lowest BCUT2D eigenvalue weighted by Gasteiger charge is -2.37. The highest BCUT2D eigenvalue weighted by Crippen LogP contribution is 2.42. The quantitative estimate of drug-likeness (QED) is 0.448. The Morgan fingerprint density at radius 1 is 0.846 bits per heavy atom. The Hall–Kier alpha value is -1.18. The first kappa shape index (κ1) is 19.6. The van der Waals surface area contributed by atoms with Crippen molar-refractivity contribution in [3.8, 4) is 0 Å². The summed E-state index contributed by atoms with van der Waals surface area (Å²) in [5, 5.41) is 0. The minimum atomic E-state index is -0.226. The van der Waals surface area contributed by atoms with Crippen LogP contribution in [0.1, 0.15) is 69.8 Å². The van der Waals surface area contributed by atoms with Gasteiger partial charge in [-0.1, -0.05) is 37.1 Å². The van der Waals surface area contributed by atoms with E-state index in [0.29, 0.717) is 12.3 Å². The van der Waals surface area contributed by atoms with Gasteiger partial charge in [-0.2, -0.15) is 0 Å². The molecule has 0 bridgehead atoms. The van der Waals surface area contributed by atoms with Gasteiger partial charge in [0, 0.05) is 0 Å². The third kappa shape index (κ3) is 5.93. The molecule has 2 aliphatic rings. The van der Waals surface area contributed by atoms with Crippen molar-refractivity contribution >= 4 is 0 Å². The molecule has 0 radical (unpaired) electrons. The molecule has 2 saturated carbocycles. The van der Waals surface area contributed by atoms with Crippen LogP contribution in [0.15, 0.2) is 36.4 Å². The summed E-state index contributed by atoms with van der Waals surface area (Å²) in [4.78, 5) is 0. The molecule has 0 N–H and O–H groups in total. The molecule has 0 saturated heterocycles. The maximum Gasteiger partial charge on any atom is 0.123 e. The van der Waals surface area contributed by atoms with Gasteiger partial charge in [-0.25, -0.2) is 4.39 Å². The van der Waals surface area contributed by atoms with Gasteiger partial charge in [0.15, 0.2) is 0 Å². The van der Waals surface area contributed by atoms with Crippen molar-refractivity contribution in [1.82, 2.24) is 0 Å². The predicted molar refractivity (Wildman–Crippen MR) is 105 cm³/mol. The average molecular weight is 361 g/mol. The summed E-state index contributed by atoms with van der Waals surface area (Å²) in [6.07, 6.45) is 18.1. The highest BCUT2D eigenvalue weighted by Gasteiger charge is 2.30. The summed E-state index contributed by atoms with van der Waals surface area (Å²) in [5.41, 5.74) is 1.27. The number of allylic oxidation sites excluding steroid dienone is 2. The van der Waals surface area contributed by atoms with E-state index < -0.39 is 0 Å². The fourth-order valence-electron chi connectivity index (χ4n) is 5.13. The summed E-state index contributed by atoms with van der Waals surface area (Å²) in [7, 11) is 0. The third-order valence-electron chi connectivity index (χ3n) is 6.81. The van der Waals surface area contributed by atoms with E-state index in [1.807, 2.05) is 18.2 Å². The lowest BCUT2D eigenvalue weighted by molar-refractivity contribution is 0.152. The lowest BCUT2D eigenvalue weighted by atomic mass is 9.68. The molecule has 2 heteroatoms. The highest BCUT2D eigenvalue weighted by molar-refractivity contribution is 5.16. The molecule has 26 heavy (non-hydrogen) atoms. The molecule has 2 fully saturated rings. The van der Waals surface area contributed by atoms with Crippen LogP contribution in [0.5, 0.6) is 0 Å². The molecule has 1 aromatic carbocycles. The SMILES string of the molecule is FCCC=CC1CCC(C2CCC(CCc3ccc(F)cc3)CC2)CC1. The number of hydrogen-bond acceptors (Lipinski definition) is 0. The van der Waals surface area contributed by atoms with Crippen LogP contribution in [0, 0.1) is 29.5 Å². The van der Waals surface area contributed by atoms with Crippen molar-refractivity contribution in [3.05, 3.63) is 47.8 Å². The van der Waals surface area contributed by atoms with E-state index in [2.05, 4.69) is 6.08 Å². The van der Waals surface area contributed by atoms with Crippen molar-refractivity contribution in [2.75, 3.05) is 6.67 Å².